The van der Waals surface area contributed by atoms with Gasteiger partial charge in [0.1, 0.15) is 11.5 Å². The molecule has 1 aliphatic rings. The molecule has 0 saturated heterocycles. The summed E-state index contributed by atoms with van der Waals surface area (Å²) >= 11 is 0. The van der Waals surface area contributed by atoms with E-state index in [2.05, 4.69) is 34.7 Å². The number of guanidine groups is 1. The van der Waals surface area contributed by atoms with Gasteiger partial charge in [0.2, 0.25) is 0 Å². The van der Waals surface area contributed by atoms with E-state index in [4.69, 9.17) is 9.47 Å². The first kappa shape index (κ1) is 22.5. The van der Waals surface area contributed by atoms with E-state index >= 15 is 0 Å². The minimum Gasteiger partial charge on any atom is -0.497 e. The molecule has 1 aliphatic heterocycles. The summed E-state index contributed by atoms with van der Waals surface area (Å²) in [6.45, 7) is 4.50. The lowest BCUT2D eigenvalue weighted by molar-refractivity contribution is -0.121. The number of rotatable bonds is 9. The summed E-state index contributed by atoms with van der Waals surface area (Å²) in [7, 11) is 3.45. The summed E-state index contributed by atoms with van der Waals surface area (Å²) in [5, 5.41) is 6.70. The molecule has 0 bridgehead atoms. The molecular formula is C24H32N4O3. The van der Waals surface area contributed by atoms with Crippen molar-refractivity contribution in [2.75, 3.05) is 45.3 Å². The number of fused-ring (bicyclic) bond motifs is 1. The number of hydrogen-bond acceptors (Lipinski definition) is 4. The van der Waals surface area contributed by atoms with Gasteiger partial charge in [-0.05, 0) is 48.6 Å². The monoisotopic (exact) mass is 424 g/mol. The second-order valence-corrected chi connectivity index (χ2v) is 7.54. The number of amides is 1. The maximum atomic E-state index is 12.2. The molecule has 1 heterocycles. The van der Waals surface area contributed by atoms with Crippen LogP contribution in [0.15, 0.2) is 53.5 Å². The highest BCUT2D eigenvalue weighted by Gasteiger charge is 2.24. The fourth-order valence-corrected chi connectivity index (χ4v) is 3.57. The highest BCUT2D eigenvalue weighted by Crippen LogP contribution is 2.31. The molecule has 0 saturated carbocycles. The predicted molar refractivity (Wildman–Crippen MR) is 124 cm³/mol. The number of anilines is 1. The second kappa shape index (κ2) is 11.2. The number of hydrogen-bond donors (Lipinski definition) is 2. The van der Waals surface area contributed by atoms with Gasteiger partial charge in [-0.1, -0.05) is 31.2 Å². The molecule has 2 aromatic carbocycles. The Bertz CT molecular complexity index is 883. The maximum absolute atomic E-state index is 12.2. The van der Waals surface area contributed by atoms with Crippen molar-refractivity contribution in [2.24, 2.45) is 4.99 Å². The molecule has 7 nitrogen and oxygen atoms in total. The molecule has 1 atom stereocenters. The maximum Gasteiger partial charge on any atom is 0.265 e. The third-order valence-electron chi connectivity index (χ3n) is 5.44. The van der Waals surface area contributed by atoms with Gasteiger partial charge in [-0.25, -0.2) is 0 Å². The van der Waals surface area contributed by atoms with Crippen molar-refractivity contribution in [3.8, 4) is 11.5 Å². The van der Waals surface area contributed by atoms with Crippen LogP contribution in [0, 0.1) is 0 Å². The smallest absolute Gasteiger partial charge is 0.265 e. The van der Waals surface area contributed by atoms with Gasteiger partial charge in [0.05, 0.1) is 12.8 Å². The first-order valence-corrected chi connectivity index (χ1v) is 10.7. The van der Waals surface area contributed by atoms with Crippen LogP contribution in [-0.2, 0) is 4.79 Å². The lowest BCUT2D eigenvalue weighted by Crippen LogP contribution is -2.42. The third-order valence-corrected chi connectivity index (χ3v) is 5.44. The van der Waals surface area contributed by atoms with E-state index in [-0.39, 0.29) is 12.5 Å². The Morgan fingerprint density at radius 1 is 1.16 bits per heavy atom. The molecule has 0 fully saturated rings. The Morgan fingerprint density at radius 2 is 1.90 bits per heavy atom. The Balaban J connectivity index is 1.38. The van der Waals surface area contributed by atoms with Crippen molar-refractivity contribution in [1.29, 1.82) is 0 Å². The van der Waals surface area contributed by atoms with Crippen molar-refractivity contribution in [1.82, 2.24) is 10.6 Å². The average molecular weight is 425 g/mol. The lowest BCUT2D eigenvalue weighted by atomic mass is 9.98. The van der Waals surface area contributed by atoms with Crippen LogP contribution >= 0.6 is 0 Å². The predicted octanol–water partition coefficient (Wildman–Crippen LogP) is 3.17. The van der Waals surface area contributed by atoms with Crippen molar-refractivity contribution < 1.29 is 14.3 Å². The summed E-state index contributed by atoms with van der Waals surface area (Å²) in [4.78, 5) is 18.3. The van der Waals surface area contributed by atoms with E-state index in [0.29, 0.717) is 12.5 Å². The van der Waals surface area contributed by atoms with Crippen molar-refractivity contribution in [3.05, 3.63) is 54.1 Å². The number of methoxy groups -OCH3 is 1. The van der Waals surface area contributed by atoms with Gasteiger partial charge in [0.25, 0.3) is 5.91 Å². The molecule has 2 aromatic rings. The highest BCUT2D eigenvalue weighted by molar-refractivity contribution is 5.97. The quantitative estimate of drug-likeness (QED) is 0.367. The molecule has 2 N–H and O–H groups in total. The molecule has 0 aromatic heterocycles. The van der Waals surface area contributed by atoms with E-state index in [1.807, 2.05) is 36.4 Å². The van der Waals surface area contributed by atoms with Crippen LogP contribution in [0.2, 0.25) is 0 Å². The summed E-state index contributed by atoms with van der Waals surface area (Å²) in [5.74, 6) is 2.84. The Hall–Kier alpha value is -3.22. The first-order valence-electron chi connectivity index (χ1n) is 10.7. The minimum atomic E-state index is -0.00581. The summed E-state index contributed by atoms with van der Waals surface area (Å²) in [5.41, 5.74) is 2.13. The van der Waals surface area contributed by atoms with E-state index < -0.39 is 0 Å². The number of aliphatic imine (C=N–C) groups is 1. The fourth-order valence-electron chi connectivity index (χ4n) is 3.57. The highest BCUT2D eigenvalue weighted by atomic mass is 16.5. The number of carbonyl (C=O) groups is 1. The Kier molecular flexibility index (Phi) is 8.15. The van der Waals surface area contributed by atoms with E-state index in [0.717, 1.165) is 49.1 Å². The van der Waals surface area contributed by atoms with Crippen LogP contribution in [0.1, 0.15) is 31.2 Å². The van der Waals surface area contributed by atoms with Crippen molar-refractivity contribution >= 4 is 17.6 Å². The number of carbonyl (C=O) groups excluding carboxylic acids is 1. The third kappa shape index (κ3) is 6.13. The van der Waals surface area contributed by atoms with Crippen LogP contribution in [0.3, 0.4) is 0 Å². The van der Waals surface area contributed by atoms with Crippen LogP contribution < -0.4 is 25.0 Å². The first-order chi connectivity index (χ1) is 15.1. The molecule has 0 spiro atoms. The van der Waals surface area contributed by atoms with Crippen LogP contribution in [0.5, 0.6) is 11.5 Å². The fraction of sp³-hybridized carbons (Fsp3) is 0.417. The number of benzene rings is 2. The summed E-state index contributed by atoms with van der Waals surface area (Å²) in [6, 6.07) is 15.9. The molecule has 7 heteroatoms. The molecule has 31 heavy (non-hydrogen) atoms. The molecule has 1 amide bonds. The molecular weight excluding hydrogens is 392 g/mol. The van der Waals surface area contributed by atoms with Gasteiger partial charge in [0, 0.05) is 26.7 Å². The van der Waals surface area contributed by atoms with E-state index in [1.165, 1.54) is 5.56 Å². The summed E-state index contributed by atoms with van der Waals surface area (Å²) < 4.78 is 10.7. The van der Waals surface area contributed by atoms with E-state index in [1.54, 1.807) is 19.1 Å². The minimum absolute atomic E-state index is 0.00581. The molecule has 0 aliphatic carbocycles. The molecule has 1 unspecified atom stereocenters. The average Bonchev–Trinajstić information content (AvgIpc) is 2.81. The summed E-state index contributed by atoms with van der Waals surface area (Å²) in [6.07, 6.45) is 1.80. The molecule has 0 radical (unpaired) electrons. The van der Waals surface area contributed by atoms with Gasteiger partial charge in [0.15, 0.2) is 12.6 Å². The number of para-hydroxylation sites is 2. The number of nitrogens with zero attached hydrogens (tertiary/aromatic N) is 2. The van der Waals surface area contributed by atoms with Gasteiger partial charge < -0.3 is 25.0 Å². The number of ether oxygens (including phenoxy) is 2. The Morgan fingerprint density at radius 3 is 2.65 bits per heavy atom. The van der Waals surface area contributed by atoms with Crippen LogP contribution in [0.4, 0.5) is 5.69 Å². The van der Waals surface area contributed by atoms with Gasteiger partial charge in [-0.2, -0.15) is 0 Å². The van der Waals surface area contributed by atoms with Crippen LogP contribution in [-0.4, -0.2) is 52.3 Å². The molecule has 166 valence electrons. The zero-order valence-corrected chi connectivity index (χ0v) is 18.6. The zero-order chi connectivity index (χ0) is 22.1. The normalized spacial score (nSPS) is 14.5. The largest absolute Gasteiger partial charge is 0.497 e. The Labute approximate surface area is 184 Å². The number of nitrogens with one attached hydrogen (secondary N) is 2. The molecule has 3 rings (SSSR count). The van der Waals surface area contributed by atoms with Crippen molar-refractivity contribution in [3.63, 3.8) is 0 Å². The zero-order valence-electron chi connectivity index (χ0n) is 18.6. The van der Waals surface area contributed by atoms with Gasteiger partial charge in [-0.15, -0.1) is 0 Å². The second-order valence-electron chi connectivity index (χ2n) is 7.54. The lowest BCUT2D eigenvalue weighted by Gasteiger charge is -2.29. The van der Waals surface area contributed by atoms with Crippen LogP contribution in [0.25, 0.3) is 0 Å². The van der Waals surface area contributed by atoms with E-state index in [9.17, 15) is 4.79 Å². The van der Waals surface area contributed by atoms with Gasteiger partial charge in [-0.3, -0.25) is 9.79 Å². The SMILES string of the molecule is CN=C(NCCCN1C(=O)COc2ccccc21)NCCC(C)c1ccc(OC)cc1. The standard InChI is InChI=1S/C24H32N4O3/c1-18(19-9-11-20(30-3)12-10-19)13-15-27-24(25-2)26-14-6-16-28-21-7-4-5-8-22(21)31-17-23(28)29/h4-5,7-12,18H,6,13-17H2,1-3H3,(H2,25,26,27). The van der Waals surface area contributed by atoms with Crippen molar-refractivity contribution in [2.45, 2.75) is 25.7 Å². The topological polar surface area (TPSA) is 75.2 Å². The van der Waals surface area contributed by atoms with Gasteiger partial charge >= 0.3 is 0 Å².